The van der Waals surface area contributed by atoms with Gasteiger partial charge in [0.05, 0.1) is 31.6 Å². The summed E-state index contributed by atoms with van der Waals surface area (Å²) in [5, 5.41) is 6.11. The first-order valence-electron chi connectivity index (χ1n) is 8.02. The number of ether oxygens (including phenoxy) is 1. The maximum absolute atomic E-state index is 12.3. The Bertz CT molecular complexity index is 801. The average molecular weight is 336 g/mol. The largest absolute Gasteiger partial charge is 0.495 e. The second-order valence-electron chi connectivity index (χ2n) is 5.49. The lowest BCUT2D eigenvalue weighted by Gasteiger charge is -2.17. The summed E-state index contributed by atoms with van der Waals surface area (Å²) in [4.78, 5) is 12.3. The second-order valence-corrected chi connectivity index (χ2v) is 5.49. The topological polar surface area (TPSA) is 63.5 Å². The number of hydrogen-bond acceptors (Lipinski definition) is 4. The highest BCUT2D eigenvalue weighted by Crippen LogP contribution is 2.24. The Hall–Kier alpha value is -3.05. The van der Waals surface area contributed by atoms with E-state index in [1.807, 2.05) is 54.6 Å². The highest BCUT2D eigenvalue weighted by molar-refractivity contribution is 5.93. The summed E-state index contributed by atoms with van der Waals surface area (Å²) in [5.74, 6) is 1.23. The molecule has 0 fully saturated rings. The molecule has 5 nitrogen and oxygen atoms in total. The number of nitrogens with one attached hydrogen (secondary N) is 2. The van der Waals surface area contributed by atoms with Crippen molar-refractivity contribution in [1.29, 1.82) is 0 Å². The summed E-state index contributed by atoms with van der Waals surface area (Å²) in [6.07, 6.45) is 1.63. The molecule has 1 heterocycles. The molecule has 0 saturated carbocycles. The quantitative estimate of drug-likeness (QED) is 0.692. The monoisotopic (exact) mass is 336 g/mol. The van der Waals surface area contributed by atoms with Crippen LogP contribution in [0.5, 0.6) is 5.75 Å². The molecular weight excluding hydrogens is 316 g/mol. The number of carbonyl (C=O) groups is 1. The van der Waals surface area contributed by atoms with Gasteiger partial charge >= 0.3 is 0 Å². The minimum absolute atomic E-state index is 0.137. The maximum atomic E-state index is 12.3. The lowest BCUT2D eigenvalue weighted by molar-refractivity contribution is -0.115. The highest BCUT2D eigenvalue weighted by Gasteiger charge is 2.17. The van der Waals surface area contributed by atoms with Crippen molar-refractivity contribution in [3.63, 3.8) is 0 Å². The van der Waals surface area contributed by atoms with Crippen LogP contribution in [0.25, 0.3) is 0 Å². The number of furan rings is 1. The zero-order valence-electron chi connectivity index (χ0n) is 13.9. The Morgan fingerprint density at radius 1 is 1.04 bits per heavy atom. The Balaban J connectivity index is 1.68. The van der Waals surface area contributed by atoms with Gasteiger partial charge in [-0.15, -0.1) is 0 Å². The molecule has 0 aliphatic rings. The highest BCUT2D eigenvalue weighted by atomic mass is 16.5. The van der Waals surface area contributed by atoms with Gasteiger partial charge in [-0.2, -0.15) is 0 Å². The zero-order chi connectivity index (χ0) is 17.5. The van der Waals surface area contributed by atoms with Crippen LogP contribution in [0.1, 0.15) is 17.4 Å². The normalized spacial score (nSPS) is 11.7. The number of rotatable bonds is 7. The first-order chi connectivity index (χ1) is 12.3. The number of anilines is 1. The molecule has 1 atom stereocenters. The van der Waals surface area contributed by atoms with Crippen LogP contribution >= 0.6 is 0 Å². The summed E-state index contributed by atoms with van der Waals surface area (Å²) in [6.45, 7) is 0.137. The van der Waals surface area contributed by atoms with E-state index in [1.165, 1.54) is 0 Å². The van der Waals surface area contributed by atoms with E-state index < -0.39 is 0 Å². The third-order valence-corrected chi connectivity index (χ3v) is 3.81. The predicted molar refractivity (Wildman–Crippen MR) is 96.6 cm³/mol. The van der Waals surface area contributed by atoms with Gasteiger partial charge < -0.3 is 14.5 Å². The lowest BCUT2D eigenvalue weighted by atomic mass is 10.0. The standard InChI is InChI=1S/C20H20N2O3/c1-24-17-11-6-5-10-16(17)22-19(23)14-21-20(18-12-7-13-25-18)15-8-3-2-4-9-15/h2-13,20-21H,14H2,1H3,(H,22,23)/t20-/m1/s1. The van der Waals surface area contributed by atoms with Gasteiger partial charge in [-0.1, -0.05) is 42.5 Å². The second kappa shape index (κ2) is 8.17. The molecule has 0 spiro atoms. The molecule has 3 rings (SSSR count). The van der Waals surface area contributed by atoms with Crippen LogP contribution < -0.4 is 15.4 Å². The molecule has 1 aromatic heterocycles. The molecule has 128 valence electrons. The first-order valence-corrected chi connectivity index (χ1v) is 8.02. The summed E-state index contributed by atoms with van der Waals surface area (Å²) >= 11 is 0. The van der Waals surface area contributed by atoms with Crippen molar-refractivity contribution >= 4 is 11.6 Å². The summed E-state index contributed by atoms with van der Waals surface area (Å²) in [6, 6.07) is 20.7. The average Bonchev–Trinajstić information content (AvgIpc) is 3.18. The van der Waals surface area contributed by atoms with Gasteiger partial charge in [-0.3, -0.25) is 10.1 Å². The number of hydrogen-bond donors (Lipinski definition) is 2. The third kappa shape index (κ3) is 4.28. The molecule has 0 aliphatic carbocycles. The van der Waals surface area contributed by atoms with Crippen LogP contribution in [0.15, 0.2) is 77.4 Å². The first kappa shape index (κ1) is 16.8. The molecule has 0 bridgehead atoms. The number of methoxy groups -OCH3 is 1. The van der Waals surface area contributed by atoms with E-state index in [-0.39, 0.29) is 18.5 Å². The van der Waals surface area contributed by atoms with Crippen molar-refractivity contribution in [3.05, 3.63) is 84.3 Å². The minimum atomic E-state index is -0.195. The molecule has 0 unspecified atom stereocenters. The SMILES string of the molecule is COc1ccccc1NC(=O)CN[C@H](c1ccccc1)c1ccco1. The smallest absolute Gasteiger partial charge is 0.238 e. The van der Waals surface area contributed by atoms with Crippen molar-refractivity contribution in [1.82, 2.24) is 5.32 Å². The fourth-order valence-electron chi connectivity index (χ4n) is 2.62. The van der Waals surface area contributed by atoms with Crippen LogP contribution in [0.2, 0.25) is 0 Å². The molecule has 25 heavy (non-hydrogen) atoms. The van der Waals surface area contributed by atoms with Gasteiger partial charge in [0.25, 0.3) is 0 Å². The Morgan fingerprint density at radius 2 is 1.80 bits per heavy atom. The maximum Gasteiger partial charge on any atom is 0.238 e. The van der Waals surface area contributed by atoms with Crippen LogP contribution in [0.4, 0.5) is 5.69 Å². The van der Waals surface area contributed by atoms with Crippen molar-refractivity contribution in [2.24, 2.45) is 0 Å². The van der Waals surface area contributed by atoms with E-state index in [0.29, 0.717) is 11.4 Å². The van der Waals surface area contributed by atoms with Gasteiger partial charge in [0, 0.05) is 0 Å². The molecular formula is C20H20N2O3. The fourth-order valence-corrected chi connectivity index (χ4v) is 2.62. The summed E-state index contributed by atoms with van der Waals surface area (Å²) < 4.78 is 10.8. The Labute approximate surface area is 146 Å². The van der Waals surface area contributed by atoms with Crippen LogP contribution in [-0.2, 0) is 4.79 Å². The van der Waals surface area contributed by atoms with E-state index in [2.05, 4.69) is 10.6 Å². The predicted octanol–water partition coefficient (Wildman–Crippen LogP) is 3.61. The number of benzene rings is 2. The van der Waals surface area contributed by atoms with Crippen molar-refractivity contribution in [2.75, 3.05) is 19.0 Å². The number of carbonyl (C=O) groups excluding carboxylic acids is 1. The van der Waals surface area contributed by atoms with Crippen molar-refractivity contribution in [2.45, 2.75) is 6.04 Å². The van der Waals surface area contributed by atoms with E-state index >= 15 is 0 Å². The third-order valence-electron chi connectivity index (χ3n) is 3.81. The van der Waals surface area contributed by atoms with Crippen LogP contribution in [0, 0.1) is 0 Å². The molecule has 2 aromatic carbocycles. The van der Waals surface area contributed by atoms with E-state index in [9.17, 15) is 4.79 Å². The van der Waals surface area contributed by atoms with Crippen LogP contribution in [0.3, 0.4) is 0 Å². The van der Waals surface area contributed by atoms with Gasteiger partial charge in [-0.05, 0) is 29.8 Å². The number of amides is 1. The van der Waals surface area contributed by atoms with Gasteiger partial charge in [-0.25, -0.2) is 0 Å². The zero-order valence-corrected chi connectivity index (χ0v) is 13.9. The van der Waals surface area contributed by atoms with Gasteiger partial charge in [0.2, 0.25) is 5.91 Å². The van der Waals surface area contributed by atoms with E-state index in [1.54, 1.807) is 25.5 Å². The van der Waals surface area contributed by atoms with E-state index in [0.717, 1.165) is 11.3 Å². The summed E-state index contributed by atoms with van der Waals surface area (Å²) in [5.41, 5.74) is 1.67. The number of para-hydroxylation sites is 2. The van der Waals surface area contributed by atoms with Gasteiger partial charge in [0.15, 0.2) is 0 Å². The molecule has 0 saturated heterocycles. The summed E-state index contributed by atoms with van der Waals surface area (Å²) in [7, 11) is 1.57. The van der Waals surface area contributed by atoms with Crippen molar-refractivity contribution in [3.8, 4) is 5.75 Å². The Morgan fingerprint density at radius 3 is 2.52 bits per heavy atom. The molecule has 2 N–H and O–H groups in total. The lowest BCUT2D eigenvalue weighted by Crippen LogP contribution is -2.31. The molecule has 1 amide bonds. The van der Waals surface area contributed by atoms with Crippen LogP contribution in [-0.4, -0.2) is 19.6 Å². The molecule has 0 radical (unpaired) electrons. The van der Waals surface area contributed by atoms with Crippen molar-refractivity contribution < 1.29 is 13.9 Å². The molecule has 5 heteroatoms. The molecule has 0 aliphatic heterocycles. The Kier molecular flexibility index (Phi) is 5.49. The van der Waals surface area contributed by atoms with Gasteiger partial charge in [0.1, 0.15) is 11.5 Å². The fraction of sp³-hybridized carbons (Fsp3) is 0.150. The molecule has 3 aromatic rings. The minimum Gasteiger partial charge on any atom is -0.495 e. The van der Waals surface area contributed by atoms with E-state index in [4.69, 9.17) is 9.15 Å².